The highest BCUT2D eigenvalue weighted by molar-refractivity contribution is 6.04. The zero-order valence-corrected chi connectivity index (χ0v) is 19.1. The van der Waals surface area contributed by atoms with Crippen molar-refractivity contribution in [2.45, 2.75) is 51.3 Å². The van der Waals surface area contributed by atoms with Crippen LogP contribution in [0.4, 0.5) is 10.1 Å². The van der Waals surface area contributed by atoms with Crippen molar-refractivity contribution in [1.82, 2.24) is 4.90 Å². The monoisotopic (exact) mass is 458 g/mol. The first-order valence-electron chi connectivity index (χ1n) is 11.8. The predicted molar refractivity (Wildman–Crippen MR) is 128 cm³/mol. The average molecular weight is 459 g/mol. The summed E-state index contributed by atoms with van der Waals surface area (Å²) in [5.74, 6) is -0.0582. The van der Waals surface area contributed by atoms with Crippen molar-refractivity contribution in [3.63, 3.8) is 0 Å². The van der Waals surface area contributed by atoms with E-state index in [4.69, 9.17) is 4.74 Å². The van der Waals surface area contributed by atoms with Gasteiger partial charge in [-0.05, 0) is 79.3 Å². The van der Waals surface area contributed by atoms with Gasteiger partial charge in [-0.2, -0.15) is 0 Å². The molecule has 34 heavy (non-hydrogen) atoms. The Morgan fingerprint density at radius 2 is 1.88 bits per heavy atom. The Hall–Kier alpha value is -3.67. The minimum Gasteiger partial charge on any atom is -0.480 e. The summed E-state index contributed by atoms with van der Waals surface area (Å²) in [6.07, 6.45) is 3.00. The van der Waals surface area contributed by atoms with E-state index in [2.05, 4.69) is 23.5 Å². The van der Waals surface area contributed by atoms with Crippen LogP contribution in [-0.4, -0.2) is 22.8 Å². The summed E-state index contributed by atoms with van der Waals surface area (Å²) in [6, 6.07) is 19.2. The number of rotatable bonds is 4. The number of aryl methyl sites for hydroxylation is 1. The van der Waals surface area contributed by atoms with Gasteiger partial charge in [-0.25, -0.2) is 4.39 Å². The molecule has 3 aromatic carbocycles. The van der Waals surface area contributed by atoms with E-state index in [1.807, 2.05) is 30.0 Å². The van der Waals surface area contributed by atoms with Crippen LogP contribution in [0.5, 0.6) is 5.75 Å². The zero-order valence-electron chi connectivity index (χ0n) is 19.1. The molecule has 2 atom stereocenters. The number of amides is 2. The maximum Gasteiger partial charge on any atom is 0.264 e. The number of hydrogen-bond donors (Lipinski definition) is 1. The molecule has 0 fully saturated rings. The van der Waals surface area contributed by atoms with E-state index in [0.717, 1.165) is 24.8 Å². The molecule has 1 aliphatic carbocycles. The second-order valence-electron chi connectivity index (χ2n) is 8.87. The number of anilines is 1. The molecule has 0 aromatic heterocycles. The van der Waals surface area contributed by atoms with Crippen LogP contribution in [0.2, 0.25) is 0 Å². The minimum absolute atomic E-state index is 0.00138. The van der Waals surface area contributed by atoms with E-state index in [1.54, 1.807) is 6.07 Å². The van der Waals surface area contributed by atoms with Crippen molar-refractivity contribution < 1.29 is 18.7 Å². The molecule has 0 radical (unpaired) electrons. The van der Waals surface area contributed by atoms with Gasteiger partial charge in [0.15, 0.2) is 6.10 Å². The third kappa shape index (κ3) is 4.28. The van der Waals surface area contributed by atoms with E-state index >= 15 is 0 Å². The molecule has 0 spiro atoms. The fourth-order valence-corrected chi connectivity index (χ4v) is 4.92. The topological polar surface area (TPSA) is 58.6 Å². The number of halogens is 1. The van der Waals surface area contributed by atoms with E-state index in [0.29, 0.717) is 30.0 Å². The van der Waals surface area contributed by atoms with Crippen molar-refractivity contribution in [3.8, 4) is 5.75 Å². The van der Waals surface area contributed by atoms with Gasteiger partial charge < -0.3 is 15.0 Å². The number of carbonyl (C=O) groups excluding carboxylic acids is 2. The molecule has 1 aliphatic heterocycles. The summed E-state index contributed by atoms with van der Waals surface area (Å²) in [6.45, 7) is 2.36. The smallest absolute Gasteiger partial charge is 0.264 e. The van der Waals surface area contributed by atoms with Gasteiger partial charge in [-0.1, -0.05) is 31.2 Å². The minimum atomic E-state index is -0.546. The van der Waals surface area contributed by atoms with Crippen molar-refractivity contribution in [2.24, 2.45) is 0 Å². The van der Waals surface area contributed by atoms with Crippen LogP contribution in [0.15, 0.2) is 66.7 Å². The van der Waals surface area contributed by atoms with Crippen molar-refractivity contribution >= 4 is 17.5 Å². The average Bonchev–Trinajstić information content (AvgIpc) is 3.00. The van der Waals surface area contributed by atoms with Crippen LogP contribution in [0.3, 0.4) is 0 Å². The van der Waals surface area contributed by atoms with Crippen LogP contribution >= 0.6 is 0 Å². The molecule has 1 heterocycles. The van der Waals surface area contributed by atoms with Crippen LogP contribution in [0.1, 0.15) is 59.3 Å². The Bertz CT molecular complexity index is 1220. The first-order valence-corrected chi connectivity index (χ1v) is 11.8. The van der Waals surface area contributed by atoms with Crippen molar-refractivity contribution in [2.75, 3.05) is 5.32 Å². The molecule has 2 unspecified atom stereocenters. The molecule has 3 aromatic rings. The van der Waals surface area contributed by atoms with Gasteiger partial charge in [0.05, 0.1) is 12.6 Å². The molecule has 5 rings (SSSR count). The molecule has 174 valence electrons. The molecule has 1 N–H and O–H groups in total. The lowest BCUT2D eigenvalue weighted by atomic mass is 9.86. The summed E-state index contributed by atoms with van der Waals surface area (Å²) in [7, 11) is 0. The molecular formula is C28H27FN2O3. The number of carbonyl (C=O) groups is 2. The molecule has 5 nitrogen and oxygen atoms in total. The highest BCUT2D eigenvalue weighted by Gasteiger charge is 2.36. The number of ether oxygens (including phenoxy) is 1. The first-order chi connectivity index (χ1) is 16.5. The second kappa shape index (κ2) is 9.29. The number of benzene rings is 3. The van der Waals surface area contributed by atoms with Crippen molar-refractivity contribution in [1.29, 1.82) is 0 Å². The van der Waals surface area contributed by atoms with Gasteiger partial charge in [0.2, 0.25) is 0 Å². The normalized spacial score (nSPS) is 19.5. The molecule has 6 heteroatoms. The highest BCUT2D eigenvalue weighted by Crippen LogP contribution is 2.39. The highest BCUT2D eigenvalue weighted by atomic mass is 19.1. The van der Waals surface area contributed by atoms with E-state index < -0.39 is 11.9 Å². The Balaban J connectivity index is 1.45. The predicted octanol–water partition coefficient (Wildman–Crippen LogP) is 5.66. The molecule has 2 amide bonds. The van der Waals surface area contributed by atoms with Gasteiger partial charge in [-0.15, -0.1) is 0 Å². The number of hydrogen-bond acceptors (Lipinski definition) is 3. The molecule has 0 bridgehead atoms. The van der Waals surface area contributed by atoms with Crippen LogP contribution in [-0.2, 0) is 17.8 Å². The Morgan fingerprint density at radius 1 is 1.09 bits per heavy atom. The van der Waals surface area contributed by atoms with Crippen LogP contribution in [0.25, 0.3) is 0 Å². The summed E-state index contributed by atoms with van der Waals surface area (Å²) in [4.78, 5) is 28.1. The summed E-state index contributed by atoms with van der Waals surface area (Å²) < 4.78 is 19.3. The third-order valence-electron chi connectivity index (χ3n) is 6.68. The quantitative estimate of drug-likeness (QED) is 0.549. The Morgan fingerprint density at radius 3 is 2.68 bits per heavy atom. The number of nitrogens with zero attached hydrogens (tertiary/aromatic N) is 1. The van der Waals surface area contributed by atoms with E-state index in [9.17, 15) is 14.0 Å². The van der Waals surface area contributed by atoms with Gasteiger partial charge in [0, 0.05) is 16.8 Å². The summed E-state index contributed by atoms with van der Waals surface area (Å²) in [5, 5.41) is 2.87. The van der Waals surface area contributed by atoms with Crippen LogP contribution in [0, 0.1) is 5.82 Å². The number of fused-ring (bicyclic) bond motifs is 2. The van der Waals surface area contributed by atoms with Gasteiger partial charge in [0.1, 0.15) is 11.6 Å². The number of nitrogens with one attached hydrogen (secondary N) is 1. The summed E-state index contributed by atoms with van der Waals surface area (Å²) >= 11 is 0. The molecule has 0 saturated heterocycles. The van der Waals surface area contributed by atoms with E-state index in [1.165, 1.54) is 35.4 Å². The van der Waals surface area contributed by atoms with Gasteiger partial charge >= 0.3 is 0 Å². The van der Waals surface area contributed by atoms with Crippen molar-refractivity contribution in [3.05, 3.63) is 94.8 Å². The van der Waals surface area contributed by atoms with E-state index in [-0.39, 0.29) is 17.9 Å². The first kappa shape index (κ1) is 22.1. The fraction of sp³-hybridized carbons (Fsp3) is 0.286. The van der Waals surface area contributed by atoms with Gasteiger partial charge in [0.25, 0.3) is 11.8 Å². The summed E-state index contributed by atoms with van der Waals surface area (Å²) in [5.41, 5.74) is 4.33. The second-order valence-corrected chi connectivity index (χ2v) is 8.87. The Kier molecular flexibility index (Phi) is 6.05. The maximum atomic E-state index is 13.5. The third-order valence-corrected chi connectivity index (χ3v) is 6.68. The molecule has 0 saturated carbocycles. The van der Waals surface area contributed by atoms with Crippen LogP contribution < -0.4 is 10.1 Å². The maximum absolute atomic E-state index is 13.5. The van der Waals surface area contributed by atoms with Gasteiger partial charge in [-0.3, -0.25) is 9.59 Å². The zero-order chi connectivity index (χ0) is 23.7. The Labute approximate surface area is 198 Å². The largest absolute Gasteiger partial charge is 0.480 e. The molecule has 2 aliphatic rings. The SMILES string of the molecule is CCC1Oc2ccc(NC(=O)c3ccc(F)cc3)cc2CN(C2CCCc3ccccc32)C1=O. The lowest BCUT2D eigenvalue weighted by Gasteiger charge is -2.36. The molecular weight excluding hydrogens is 431 g/mol. The fourth-order valence-electron chi connectivity index (χ4n) is 4.92. The lowest BCUT2D eigenvalue weighted by molar-refractivity contribution is -0.141. The lowest BCUT2D eigenvalue weighted by Crippen LogP contribution is -2.42. The standard InChI is InChI=1S/C28H27FN2O3/c1-2-25-28(33)31(24-9-5-7-18-6-3-4-8-23(18)24)17-20-16-22(14-15-26(20)34-25)30-27(32)19-10-12-21(29)13-11-19/h3-4,6,8,10-16,24-25H,2,5,7,9,17H2,1H3,(H,30,32).